The van der Waals surface area contributed by atoms with Gasteiger partial charge in [-0.15, -0.1) is 0 Å². The number of carbonyl (C=O) groups excluding carboxylic acids is 2. The molecule has 2 aliphatic heterocycles. The van der Waals surface area contributed by atoms with Gasteiger partial charge in [0.15, 0.2) is 0 Å². The van der Waals surface area contributed by atoms with Gasteiger partial charge in [0.25, 0.3) is 21.8 Å². The number of hydrogen-bond donors (Lipinski definition) is 2. The van der Waals surface area contributed by atoms with Crippen LogP contribution in [-0.2, 0) is 14.8 Å². The summed E-state index contributed by atoms with van der Waals surface area (Å²) in [5.41, 5.74) is 1.08. The van der Waals surface area contributed by atoms with E-state index >= 15 is 0 Å². The molecule has 2 amide bonds. The Morgan fingerprint density at radius 1 is 1.36 bits per heavy atom. The molecule has 0 radical (unpaired) electrons. The van der Waals surface area contributed by atoms with Crippen molar-refractivity contribution >= 4 is 27.5 Å². The number of nitrogens with one attached hydrogen (secondary N) is 2. The van der Waals surface area contributed by atoms with Gasteiger partial charge in [-0.25, -0.2) is 12.4 Å². The second-order valence-electron chi connectivity index (χ2n) is 7.05. The van der Waals surface area contributed by atoms with E-state index in [0.717, 1.165) is 29.8 Å². The van der Waals surface area contributed by atoms with Crippen molar-refractivity contribution < 1.29 is 22.7 Å². The van der Waals surface area contributed by atoms with Gasteiger partial charge in [-0.2, -0.15) is 0 Å². The van der Waals surface area contributed by atoms with Gasteiger partial charge in [0.2, 0.25) is 0 Å². The minimum atomic E-state index is -3.94. The Balaban J connectivity index is 1.57. The molecule has 2 aliphatic rings. The Kier molecular flexibility index (Phi) is 4.72. The van der Waals surface area contributed by atoms with Gasteiger partial charge in [-0.3, -0.25) is 9.59 Å². The summed E-state index contributed by atoms with van der Waals surface area (Å²) < 4.78 is 32.4. The van der Waals surface area contributed by atoms with Crippen molar-refractivity contribution in [3.63, 3.8) is 0 Å². The van der Waals surface area contributed by atoms with Gasteiger partial charge in [-0.05, 0) is 56.0 Å². The molecule has 0 unspecified atom stereocenters. The molecule has 0 aliphatic carbocycles. The van der Waals surface area contributed by atoms with Crippen LogP contribution < -0.4 is 10.6 Å². The second-order valence-corrected chi connectivity index (χ2v) is 8.83. The van der Waals surface area contributed by atoms with Crippen molar-refractivity contribution in [1.82, 2.24) is 9.29 Å². The van der Waals surface area contributed by atoms with E-state index in [-0.39, 0.29) is 33.9 Å². The highest BCUT2D eigenvalue weighted by atomic mass is 32.2. The standard InChI is InChI=1S/C19H21N3O5S/c1-12-9-16-19(24)21-15-10-13(4-5-17(15)28(25,26)22(16)11-12)18(23)20-7-6-14-3-2-8-27-14/h4-5,9-11,14H,2-3,6-8H2,1H3,(H,20,23)(H,21,24)/t14-/m1/s1. The van der Waals surface area contributed by atoms with Crippen molar-refractivity contribution in [3.05, 3.63) is 47.3 Å². The van der Waals surface area contributed by atoms with Crippen LogP contribution in [0.4, 0.5) is 5.69 Å². The lowest BCUT2D eigenvalue weighted by Gasteiger charge is -2.12. The zero-order valence-electron chi connectivity index (χ0n) is 15.4. The lowest BCUT2D eigenvalue weighted by atomic mass is 10.1. The van der Waals surface area contributed by atoms with Crippen LogP contribution in [0.25, 0.3) is 0 Å². The molecule has 148 valence electrons. The zero-order valence-corrected chi connectivity index (χ0v) is 16.2. The van der Waals surface area contributed by atoms with Gasteiger partial charge >= 0.3 is 0 Å². The SMILES string of the molecule is Cc1cc2n(c1)S(=O)(=O)c1ccc(C(=O)NCC[C@H]3CCCO3)cc1NC2=O. The molecule has 0 spiro atoms. The van der Waals surface area contributed by atoms with Crippen LogP contribution in [0.15, 0.2) is 35.4 Å². The third kappa shape index (κ3) is 3.31. The third-order valence-electron chi connectivity index (χ3n) is 4.96. The maximum atomic E-state index is 12.9. The normalized spacial score (nSPS) is 20.0. The molecule has 28 heavy (non-hydrogen) atoms. The Hall–Kier alpha value is -2.65. The Morgan fingerprint density at radius 3 is 2.93 bits per heavy atom. The molecular formula is C19H21N3O5S. The number of aromatic nitrogens is 1. The number of carbonyl (C=O) groups is 2. The summed E-state index contributed by atoms with van der Waals surface area (Å²) in [6.45, 7) is 2.95. The number of benzene rings is 1. The summed E-state index contributed by atoms with van der Waals surface area (Å²) >= 11 is 0. The van der Waals surface area contributed by atoms with E-state index in [2.05, 4.69) is 10.6 Å². The number of ether oxygens (including phenoxy) is 1. The first-order chi connectivity index (χ1) is 13.4. The van der Waals surface area contributed by atoms with Crippen molar-refractivity contribution in [2.24, 2.45) is 0 Å². The van der Waals surface area contributed by atoms with Crippen molar-refractivity contribution in [1.29, 1.82) is 0 Å². The number of nitrogens with zero attached hydrogens (tertiary/aromatic N) is 1. The van der Waals surface area contributed by atoms with Crippen LogP contribution in [0, 0.1) is 6.92 Å². The first kappa shape index (κ1) is 18.7. The molecule has 4 rings (SSSR count). The molecule has 1 aromatic carbocycles. The van der Waals surface area contributed by atoms with E-state index in [1.165, 1.54) is 30.5 Å². The highest BCUT2D eigenvalue weighted by Crippen LogP contribution is 2.30. The average Bonchev–Trinajstić information content (AvgIpc) is 3.29. The van der Waals surface area contributed by atoms with Crippen LogP contribution in [0.5, 0.6) is 0 Å². The van der Waals surface area contributed by atoms with Gasteiger partial charge in [-0.1, -0.05) is 0 Å². The highest BCUT2D eigenvalue weighted by molar-refractivity contribution is 7.90. The largest absolute Gasteiger partial charge is 0.378 e. The van der Waals surface area contributed by atoms with Crippen molar-refractivity contribution in [2.75, 3.05) is 18.5 Å². The number of aryl methyl sites for hydroxylation is 1. The number of fused-ring (bicyclic) bond motifs is 2. The Labute approximate surface area is 162 Å². The number of amides is 2. The minimum Gasteiger partial charge on any atom is -0.378 e. The van der Waals surface area contributed by atoms with E-state index < -0.39 is 15.9 Å². The fraction of sp³-hybridized carbons (Fsp3) is 0.368. The number of rotatable bonds is 4. The lowest BCUT2D eigenvalue weighted by molar-refractivity contribution is 0.0906. The fourth-order valence-corrected chi connectivity index (χ4v) is 5.08. The maximum Gasteiger partial charge on any atom is 0.273 e. The first-order valence-corrected chi connectivity index (χ1v) is 10.6. The first-order valence-electron chi connectivity index (χ1n) is 9.16. The van der Waals surface area contributed by atoms with Crippen LogP contribution in [0.2, 0.25) is 0 Å². The molecule has 0 saturated carbocycles. The molecule has 0 bridgehead atoms. The molecule has 1 aromatic heterocycles. The minimum absolute atomic E-state index is 0.0382. The van der Waals surface area contributed by atoms with Gasteiger partial charge < -0.3 is 15.4 Å². The van der Waals surface area contributed by atoms with Crippen LogP contribution in [0.1, 0.15) is 45.7 Å². The topological polar surface area (TPSA) is 106 Å². The quantitative estimate of drug-likeness (QED) is 0.811. The summed E-state index contributed by atoms with van der Waals surface area (Å²) in [5.74, 6) is -0.862. The van der Waals surface area contributed by atoms with Gasteiger partial charge in [0.1, 0.15) is 10.6 Å². The van der Waals surface area contributed by atoms with Crippen molar-refractivity contribution in [3.8, 4) is 0 Å². The van der Waals surface area contributed by atoms with Crippen LogP contribution >= 0.6 is 0 Å². The Morgan fingerprint density at radius 2 is 2.18 bits per heavy atom. The maximum absolute atomic E-state index is 12.9. The predicted octanol–water partition coefficient (Wildman–Crippen LogP) is 1.90. The lowest BCUT2D eigenvalue weighted by Crippen LogP contribution is -2.27. The van der Waals surface area contributed by atoms with Gasteiger partial charge in [0, 0.05) is 24.9 Å². The fourth-order valence-electron chi connectivity index (χ4n) is 3.54. The molecule has 1 fully saturated rings. The Bertz CT molecular complexity index is 1050. The summed E-state index contributed by atoms with van der Waals surface area (Å²) in [5, 5.41) is 5.42. The molecule has 2 N–H and O–H groups in total. The van der Waals surface area contributed by atoms with E-state index in [1.807, 2.05) is 0 Å². The molecular weight excluding hydrogens is 382 g/mol. The van der Waals surface area contributed by atoms with Crippen LogP contribution in [-0.4, -0.2) is 43.5 Å². The summed E-state index contributed by atoms with van der Waals surface area (Å²) in [4.78, 5) is 24.8. The average molecular weight is 403 g/mol. The monoisotopic (exact) mass is 403 g/mol. The molecule has 9 heteroatoms. The molecule has 8 nitrogen and oxygen atoms in total. The molecule has 1 atom stereocenters. The van der Waals surface area contributed by atoms with E-state index in [4.69, 9.17) is 4.74 Å². The summed E-state index contributed by atoms with van der Waals surface area (Å²) in [7, 11) is -3.94. The summed E-state index contributed by atoms with van der Waals surface area (Å²) in [6, 6.07) is 5.71. The zero-order chi connectivity index (χ0) is 19.9. The van der Waals surface area contributed by atoms with Crippen LogP contribution in [0.3, 0.4) is 0 Å². The predicted molar refractivity (Wildman–Crippen MR) is 102 cm³/mol. The molecule has 2 aromatic rings. The second kappa shape index (κ2) is 7.06. The number of hydrogen-bond acceptors (Lipinski definition) is 5. The molecule has 1 saturated heterocycles. The third-order valence-corrected chi connectivity index (χ3v) is 6.69. The highest BCUT2D eigenvalue weighted by Gasteiger charge is 2.31. The summed E-state index contributed by atoms with van der Waals surface area (Å²) in [6.07, 6.45) is 4.36. The van der Waals surface area contributed by atoms with Gasteiger partial charge in [0.05, 0.1) is 11.8 Å². The smallest absolute Gasteiger partial charge is 0.273 e. The van der Waals surface area contributed by atoms with E-state index in [1.54, 1.807) is 6.92 Å². The molecule has 3 heterocycles. The number of anilines is 1. The van der Waals surface area contributed by atoms with E-state index in [0.29, 0.717) is 12.1 Å². The van der Waals surface area contributed by atoms with E-state index in [9.17, 15) is 18.0 Å². The van der Waals surface area contributed by atoms with Crippen molar-refractivity contribution in [2.45, 2.75) is 37.2 Å².